The lowest BCUT2D eigenvalue weighted by Gasteiger charge is -2.10. The first-order valence-corrected chi connectivity index (χ1v) is 8.47. The van der Waals surface area contributed by atoms with Gasteiger partial charge in [-0.15, -0.1) is 0 Å². The molecule has 6 heteroatoms. The Kier molecular flexibility index (Phi) is 4.79. The van der Waals surface area contributed by atoms with Crippen molar-refractivity contribution in [3.05, 3.63) is 65.4 Å². The van der Waals surface area contributed by atoms with Crippen LogP contribution in [0.2, 0.25) is 5.02 Å². The lowest BCUT2D eigenvalue weighted by molar-refractivity contribution is 0.630. The van der Waals surface area contributed by atoms with Crippen molar-refractivity contribution in [1.82, 2.24) is 9.97 Å². The second kappa shape index (κ2) is 6.98. The molecule has 0 radical (unpaired) electrons. The summed E-state index contributed by atoms with van der Waals surface area (Å²) in [5.41, 5.74) is 1.70. The van der Waals surface area contributed by atoms with E-state index in [1.807, 2.05) is 24.5 Å². The number of anilines is 2. The summed E-state index contributed by atoms with van der Waals surface area (Å²) >= 11 is 7.55. The van der Waals surface area contributed by atoms with E-state index in [9.17, 15) is 4.39 Å². The standard InChI is InChI=1S/C17H13ClFN3S/c1-23-17-21-15(11-6-2-4-8-13(11)19)10-16(22-17)20-14-9-5-3-7-12(14)18/h2-10H,1H3,(H,20,21,22). The van der Waals surface area contributed by atoms with Gasteiger partial charge >= 0.3 is 0 Å². The Hall–Kier alpha value is -2.11. The number of nitrogens with one attached hydrogen (secondary N) is 1. The predicted octanol–water partition coefficient (Wildman–Crippen LogP) is 5.40. The molecule has 116 valence electrons. The van der Waals surface area contributed by atoms with Gasteiger partial charge in [0.15, 0.2) is 5.16 Å². The van der Waals surface area contributed by atoms with Gasteiger partial charge in [0.1, 0.15) is 11.6 Å². The molecule has 0 atom stereocenters. The third-order valence-corrected chi connectivity index (χ3v) is 4.05. The smallest absolute Gasteiger partial charge is 0.189 e. The maximum atomic E-state index is 14.0. The molecule has 1 heterocycles. The monoisotopic (exact) mass is 345 g/mol. The summed E-state index contributed by atoms with van der Waals surface area (Å²) in [5, 5.41) is 4.30. The second-order valence-corrected chi connectivity index (χ2v) is 5.89. The quantitative estimate of drug-likeness (QED) is 0.507. The van der Waals surface area contributed by atoms with Crippen LogP contribution in [0.3, 0.4) is 0 Å². The predicted molar refractivity (Wildman–Crippen MR) is 93.9 cm³/mol. The van der Waals surface area contributed by atoms with E-state index in [4.69, 9.17) is 11.6 Å². The molecule has 0 fully saturated rings. The van der Waals surface area contributed by atoms with Crippen molar-refractivity contribution < 1.29 is 4.39 Å². The fourth-order valence-corrected chi connectivity index (χ4v) is 2.65. The zero-order valence-corrected chi connectivity index (χ0v) is 13.8. The molecule has 0 unspecified atom stereocenters. The van der Waals surface area contributed by atoms with Crippen molar-refractivity contribution in [3.8, 4) is 11.3 Å². The molecule has 3 rings (SSSR count). The van der Waals surface area contributed by atoms with Crippen LogP contribution in [-0.4, -0.2) is 16.2 Å². The fourth-order valence-electron chi connectivity index (χ4n) is 2.09. The van der Waals surface area contributed by atoms with Crippen LogP contribution in [0.25, 0.3) is 11.3 Å². The Morgan fingerprint density at radius 3 is 2.52 bits per heavy atom. The number of para-hydroxylation sites is 1. The first-order chi connectivity index (χ1) is 11.2. The lowest BCUT2D eigenvalue weighted by Crippen LogP contribution is -1.99. The third-order valence-electron chi connectivity index (χ3n) is 3.17. The molecule has 23 heavy (non-hydrogen) atoms. The number of hydrogen-bond acceptors (Lipinski definition) is 4. The van der Waals surface area contributed by atoms with Gasteiger partial charge in [0, 0.05) is 11.6 Å². The molecule has 0 saturated heterocycles. The van der Waals surface area contributed by atoms with Gasteiger partial charge in [-0.25, -0.2) is 14.4 Å². The molecular formula is C17H13ClFN3S. The number of halogens is 2. The molecule has 0 bridgehead atoms. The van der Waals surface area contributed by atoms with E-state index in [2.05, 4.69) is 15.3 Å². The van der Waals surface area contributed by atoms with Crippen LogP contribution in [0.5, 0.6) is 0 Å². The molecule has 1 N–H and O–H groups in total. The minimum absolute atomic E-state index is 0.318. The maximum absolute atomic E-state index is 14.0. The molecule has 0 spiro atoms. The first kappa shape index (κ1) is 15.8. The number of aromatic nitrogens is 2. The minimum atomic E-state index is -0.318. The number of benzene rings is 2. The third kappa shape index (κ3) is 3.63. The topological polar surface area (TPSA) is 37.8 Å². The number of rotatable bonds is 4. The van der Waals surface area contributed by atoms with E-state index >= 15 is 0 Å². The second-order valence-electron chi connectivity index (χ2n) is 4.71. The highest BCUT2D eigenvalue weighted by Crippen LogP contribution is 2.28. The van der Waals surface area contributed by atoms with E-state index < -0.39 is 0 Å². The highest BCUT2D eigenvalue weighted by atomic mass is 35.5. The summed E-state index contributed by atoms with van der Waals surface area (Å²) in [7, 11) is 0. The van der Waals surface area contributed by atoms with Crippen molar-refractivity contribution in [2.24, 2.45) is 0 Å². The molecule has 1 aromatic heterocycles. The zero-order chi connectivity index (χ0) is 16.2. The van der Waals surface area contributed by atoms with Gasteiger partial charge in [-0.3, -0.25) is 0 Å². The molecule has 0 aliphatic rings. The highest BCUT2D eigenvalue weighted by molar-refractivity contribution is 7.98. The number of nitrogens with zero attached hydrogens (tertiary/aromatic N) is 2. The first-order valence-electron chi connectivity index (χ1n) is 6.87. The fraction of sp³-hybridized carbons (Fsp3) is 0.0588. The largest absolute Gasteiger partial charge is 0.339 e. The van der Waals surface area contributed by atoms with Gasteiger partial charge in [-0.1, -0.05) is 47.6 Å². The summed E-state index contributed by atoms with van der Waals surface area (Å²) in [4.78, 5) is 8.79. The van der Waals surface area contributed by atoms with Crippen molar-refractivity contribution in [1.29, 1.82) is 0 Å². The van der Waals surface area contributed by atoms with Gasteiger partial charge in [-0.05, 0) is 30.5 Å². The summed E-state index contributed by atoms with van der Waals surface area (Å²) in [6, 6.07) is 15.6. The lowest BCUT2D eigenvalue weighted by atomic mass is 10.1. The average Bonchev–Trinajstić information content (AvgIpc) is 2.57. The van der Waals surface area contributed by atoms with E-state index in [1.165, 1.54) is 17.8 Å². The van der Waals surface area contributed by atoms with Crippen molar-refractivity contribution in [3.63, 3.8) is 0 Å². The van der Waals surface area contributed by atoms with E-state index in [1.54, 1.807) is 30.3 Å². The summed E-state index contributed by atoms with van der Waals surface area (Å²) in [5.74, 6) is 0.248. The average molecular weight is 346 g/mol. The van der Waals surface area contributed by atoms with Gasteiger partial charge in [0.25, 0.3) is 0 Å². The normalized spacial score (nSPS) is 10.6. The molecule has 3 aromatic rings. The van der Waals surface area contributed by atoms with Gasteiger partial charge < -0.3 is 5.32 Å². The Bertz CT molecular complexity index is 842. The Morgan fingerprint density at radius 1 is 1.04 bits per heavy atom. The van der Waals surface area contributed by atoms with Crippen molar-refractivity contribution in [2.75, 3.05) is 11.6 Å². The van der Waals surface area contributed by atoms with Crippen LogP contribution >= 0.6 is 23.4 Å². The summed E-state index contributed by atoms with van der Waals surface area (Å²) in [6.07, 6.45) is 1.87. The minimum Gasteiger partial charge on any atom is -0.339 e. The molecule has 2 aromatic carbocycles. The van der Waals surface area contributed by atoms with Crippen LogP contribution in [0.1, 0.15) is 0 Å². The molecule has 0 aliphatic carbocycles. The molecule has 0 amide bonds. The maximum Gasteiger partial charge on any atom is 0.189 e. The van der Waals surface area contributed by atoms with E-state index in [0.29, 0.717) is 27.3 Å². The number of thioether (sulfide) groups is 1. The molecule has 0 aliphatic heterocycles. The Morgan fingerprint density at radius 2 is 1.78 bits per heavy atom. The van der Waals surface area contributed by atoms with Crippen LogP contribution in [0, 0.1) is 5.82 Å². The van der Waals surface area contributed by atoms with Crippen LogP contribution in [0.4, 0.5) is 15.9 Å². The highest BCUT2D eigenvalue weighted by Gasteiger charge is 2.11. The van der Waals surface area contributed by atoms with Crippen molar-refractivity contribution in [2.45, 2.75) is 5.16 Å². The van der Waals surface area contributed by atoms with Crippen molar-refractivity contribution >= 4 is 34.9 Å². The Balaban J connectivity index is 2.03. The summed E-state index contributed by atoms with van der Waals surface area (Å²) < 4.78 is 14.0. The van der Waals surface area contributed by atoms with Crippen LogP contribution in [0.15, 0.2) is 59.8 Å². The van der Waals surface area contributed by atoms with E-state index in [0.717, 1.165) is 5.69 Å². The Labute approximate surface area is 142 Å². The SMILES string of the molecule is CSc1nc(Nc2ccccc2Cl)cc(-c2ccccc2F)n1. The summed E-state index contributed by atoms with van der Waals surface area (Å²) in [6.45, 7) is 0. The number of hydrogen-bond donors (Lipinski definition) is 1. The zero-order valence-electron chi connectivity index (χ0n) is 12.3. The van der Waals surface area contributed by atoms with E-state index in [-0.39, 0.29) is 5.82 Å². The molecular weight excluding hydrogens is 333 g/mol. The van der Waals surface area contributed by atoms with Crippen LogP contribution < -0.4 is 5.32 Å². The van der Waals surface area contributed by atoms with Gasteiger partial charge in [0.05, 0.1) is 16.4 Å². The van der Waals surface area contributed by atoms with Gasteiger partial charge in [0.2, 0.25) is 0 Å². The molecule has 0 saturated carbocycles. The van der Waals surface area contributed by atoms with Gasteiger partial charge in [-0.2, -0.15) is 0 Å². The van der Waals surface area contributed by atoms with Crippen LogP contribution in [-0.2, 0) is 0 Å². The molecule has 3 nitrogen and oxygen atoms in total.